The van der Waals surface area contributed by atoms with E-state index in [9.17, 15) is 0 Å². The molecular weight excluding hydrogens is 150 g/mol. The Hall–Kier alpha value is -0.0800. The highest BCUT2D eigenvalue weighted by Gasteiger charge is 2.06. The Morgan fingerprint density at radius 3 is 2.33 bits per heavy atom. The van der Waals surface area contributed by atoms with Crippen molar-refractivity contribution in [2.45, 2.75) is 39.7 Å². The van der Waals surface area contributed by atoms with Gasteiger partial charge in [0.05, 0.1) is 6.61 Å². The fraction of sp³-hybridized carbons (Fsp3) is 1.00. The molecule has 0 atom stereocenters. The molecular formula is C10H23NO. The molecule has 2 nitrogen and oxygen atoms in total. The lowest BCUT2D eigenvalue weighted by atomic mass is 10.2. The summed E-state index contributed by atoms with van der Waals surface area (Å²) in [5.41, 5.74) is 0. The van der Waals surface area contributed by atoms with Gasteiger partial charge < -0.3 is 4.74 Å². The van der Waals surface area contributed by atoms with Gasteiger partial charge in [0.25, 0.3) is 0 Å². The zero-order chi connectivity index (χ0) is 9.40. The summed E-state index contributed by atoms with van der Waals surface area (Å²) in [5.74, 6) is 0. The first kappa shape index (κ1) is 11.9. The average Bonchev–Trinajstić information content (AvgIpc) is 2.04. The van der Waals surface area contributed by atoms with E-state index in [1.807, 2.05) is 0 Å². The van der Waals surface area contributed by atoms with Crippen molar-refractivity contribution in [3.05, 3.63) is 0 Å². The van der Waals surface area contributed by atoms with Crippen molar-refractivity contribution in [1.82, 2.24) is 4.90 Å². The molecule has 0 saturated carbocycles. The van der Waals surface area contributed by atoms with Crippen LogP contribution in [0.2, 0.25) is 0 Å². The zero-order valence-electron chi connectivity index (χ0n) is 8.97. The lowest BCUT2D eigenvalue weighted by molar-refractivity contribution is 0.128. The molecule has 0 aromatic rings. The molecule has 0 aromatic carbocycles. The molecule has 0 heterocycles. The van der Waals surface area contributed by atoms with Gasteiger partial charge in [-0.15, -0.1) is 0 Å². The SMILES string of the molecule is CCCCN(CCOC)C(C)C. The van der Waals surface area contributed by atoms with E-state index in [0.29, 0.717) is 6.04 Å². The summed E-state index contributed by atoms with van der Waals surface area (Å²) < 4.78 is 5.06. The van der Waals surface area contributed by atoms with E-state index in [1.165, 1.54) is 19.4 Å². The van der Waals surface area contributed by atoms with E-state index in [4.69, 9.17) is 4.74 Å². The number of ether oxygens (including phenoxy) is 1. The third kappa shape index (κ3) is 5.56. The Bertz CT molecular complexity index is 85.8. The van der Waals surface area contributed by atoms with Crippen LogP contribution in [0.5, 0.6) is 0 Å². The highest BCUT2D eigenvalue weighted by Crippen LogP contribution is 2.00. The number of rotatable bonds is 7. The fourth-order valence-corrected chi connectivity index (χ4v) is 1.20. The maximum absolute atomic E-state index is 5.06. The highest BCUT2D eigenvalue weighted by molar-refractivity contribution is 4.61. The average molecular weight is 173 g/mol. The molecule has 74 valence electrons. The smallest absolute Gasteiger partial charge is 0.0589 e. The number of hydrogen-bond donors (Lipinski definition) is 0. The predicted molar refractivity (Wildman–Crippen MR) is 53.5 cm³/mol. The van der Waals surface area contributed by atoms with Gasteiger partial charge >= 0.3 is 0 Å². The molecule has 2 heteroatoms. The first-order valence-corrected chi connectivity index (χ1v) is 4.95. The van der Waals surface area contributed by atoms with Gasteiger partial charge in [0.1, 0.15) is 0 Å². The lowest BCUT2D eigenvalue weighted by Gasteiger charge is -2.25. The van der Waals surface area contributed by atoms with Gasteiger partial charge in [0.2, 0.25) is 0 Å². The number of nitrogens with zero attached hydrogens (tertiary/aromatic N) is 1. The first-order chi connectivity index (χ1) is 5.72. The molecule has 0 rings (SSSR count). The molecule has 0 aliphatic carbocycles. The summed E-state index contributed by atoms with van der Waals surface area (Å²) >= 11 is 0. The second-order valence-corrected chi connectivity index (χ2v) is 3.48. The van der Waals surface area contributed by atoms with Crippen LogP contribution in [0.15, 0.2) is 0 Å². The van der Waals surface area contributed by atoms with E-state index in [0.717, 1.165) is 13.2 Å². The molecule has 0 radical (unpaired) electrons. The maximum Gasteiger partial charge on any atom is 0.0589 e. The molecule has 0 aliphatic rings. The van der Waals surface area contributed by atoms with Gasteiger partial charge in [-0.2, -0.15) is 0 Å². The third-order valence-corrected chi connectivity index (χ3v) is 2.11. The predicted octanol–water partition coefficient (Wildman–Crippen LogP) is 2.14. The van der Waals surface area contributed by atoms with Crippen LogP contribution in [-0.2, 0) is 4.74 Å². The molecule has 0 N–H and O–H groups in total. The van der Waals surface area contributed by atoms with Gasteiger partial charge in [-0.3, -0.25) is 4.90 Å². The van der Waals surface area contributed by atoms with Gasteiger partial charge in [-0.05, 0) is 26.8 Å². The van der Waals surface area contributed by atoms with Crippen molar-refractivity contribution in [2.75, 3.05) is 26.8 Å². The van der Waals surface area contributed by atoms with Crippen LogP contribution in [0, 0.1) is 0 Å². The summed E-state index contributed by atoms with van der Waals surface area (Å²) in [6.45, 7) is 9.83. The summed E-state index contributed by atoms with van der Waals surface area (Å²) in [7, 11) is 1.76. The van der Waals surface area contributed by atoms with Gasteiger partial charge in [0.15, 0.2) is 0 Å². The van der Waals surface area contributed by atoms with Gasteiger partial charge in [-0.25, -0.2) is 0 Å². The van der Waals surface area contributed by atoms with E-state index in [1.54, 1.807) is 7.11 Å². The monoisotopic (exact) mass is 173 g/mol. The van der Waals surface area contributed by atoms with Crippen LogP contribution < -0.4 is 0 Å². The minimum atomic E-state index is 0.645. The van der Waals surface area contributed by atoms with E-state index in [2.05, 4.69) is 25.7 Å². The molecule has 0 aromatic heterocycles. The Labute approximate surface area is 76.9 Å². The standard InChI is InChI=1S/C10H23NO/c1-5-6-7-11(10(2)3)8-9-12-4/h10H,5-9H2,1-4H3. The maximum atomic E-state index is 5.06. The largest absolute Gasteiger partial charge is 0.383 e. The van der Waals surface area contributed by atoms with E-state index >= 15 is 0 Å². The van der Waals surface area contributed by atoms with Crippen LogP contribution in [0.3, 0.4) is 0 Å². The van der Waals surface area contributed by atoms with Crippen molar-refractivity contribution in [3.63, 3.8) is 0 Å². The lowest BCUT2D eigenvalue weighted by Crippen LogP contribution is -2.34. The summed E-state index contributed by atoms with van der Waals surface area (Å²) in [6.07, 6.45) is 2.57. The second kappa shape index (κ2) is 7.56. The molecule has 0 fully saturated rings. The quantitative estimate of drug-likeness (QED) is 0.585. The Kier molecular flexibility index (Phi) is 7.51. The van der Waals surface area contributed by atoms with Crippen molar-refractivity contribution in [3.8, 4) is 0 Å². The minimum absolute atomic E-state index is 0.645. The molecule has 0 saturated heterocycles. The summed E-state index contributed by atoms with van der Waals surface area (Å²) in [5, 5.41) is 0. The highest BCUT2D eigenvalue weighted by atomic mass is 16.5. The number of methoxy groups -OCH3 is 1. The molecule has 0 aliphatic heterocycles. The third-order valence-electron chi connectivity index (χ3n) is 2.11. The van der Waals surface area contributed by atoms with Crippen LogP contribution >= 0.6 is 0 Å². The van der Waals surface area contributed by atoms with Gasteiger partial charge in [0, 0.05) is 19.7 Å². The zero-order valence-corrected chi connectivity index (χ0v) is 8.97. The van der Waals surface area contributed by atoms with Gasteiger partial charge in [-0.1, -0.05) is 13.3 Å². The molecule has 0 amide bonds. The summed E-state index contributed by atoms with van der Waals surface area (Å²) in [6, 6.07) is 0.645. The Morgan fingerprint density at radius 1 is 1.25 bits per heavy atom. The minimum Gasteiger partial charge on any atom is -0.383 e. The van der Waals surface area contributed by atoms with E-state index in [-0.39, 0.29) is 0 Å². The molecule has 0 spiro atoms. The normalized spacial score (nSPS) is 11.5. The van der Waals surface area contributed by atoms with E-state index < -0.39 is 0 Å². The Morgan fingerprint density at radius 2 is 1.92 bits per heavy atom. The van der Waals surface area contributed by atoms with Crippen LogP contribution in [-0.4, -0.2) is 37.7 Å². The fourth-order valence-electron chi connectivity index (χ4n) is 1.20. The van der Waals surface area contributed by atoms with Crippen molar-refractivity contribution in [2.24, 2.45) is 0 Å². The molecule has 0 unspecified atom stereocenters. The van der Waals surface area contributed by atoms with Crippen LogP contribution in [0.1, 0.15) is 33.6 Å². The number of unbranched alkanes of at least 4 members (excludes halogenated alkanes) is 1. The summed E-state index contributed by atoms with van der Waals surface area (Å²) in [4.78, 5) is 2.47. The van der Waals surface area contributed by atoms with Crippen molar-refractivity contribution in [1.29, 1.82) is 0 Å². The van der Waals surface area contributed by atoms with Crippen molar-refractivity contribution >= 4 is 0 Å². The topological polar surface area (TPSA) is 12.5 Å². The van der Waals surface area contributed by atoms with Crippen LogP contribution in [0.4, 0.5) is 0 Å². The Balaban J connectivity index is 3.55. The van der Waals surface area contributed by atoms with Crippen LogP contribution in [0.25, 0.3) is 0 Å². The number of hydrogen-bond acceptors (Lipinski definition) is 2. The second-order valence-electron chi connectivity index (χ2n) is 3.48. The molecule has 0 bridgehead atoms. The first-order valence-electron chi connectivity index (χ1n) is 4.95. The van der Waals surface area contributed by atoms with Crippen molar-refractivity contribution < 1.29 is 4.74 Å². The molecule has 12 heavy (non-hydrogen) atoms.